The summed E-state index contributed by atoms with van der Waals surface area (Å²) >= 11 is 0. The molecule has 0 aliphatic rings. The normalized spacial score (nSPS) is 10.6. The lowest BCUT2D eigenvalue weighted by atomic mass is 10.1. The SMILES string of the molecule is CCCNc1cc(OCCCC(C)C)cc([N+](=O)[O-])c1. The van der Waals surface area contributed by atoms with Crippen LogP contribution >= 0.6 is 0 Å². The van der Waals surface area contributed by atoms with Crippen molar-refractivity contribution >= 4 is 11.4 Å². The fourth-order valence-electron chi connectivity index (χ4n) is 1.83. The first kappa shape index (κ1) is 16.3. The zero-order valence-electron chi connectivity index (χ0n) is 12.5. The molecule has 5 heteroatoms. The lowest BCUT2D eigenvalue weighted by Gasteiger charge is -2.10. The Morgan fingerprint density at radius 1 is 1.35 bits per heavy atom. The summed E-state index contributed by atoms with van der Waals surface area (Å²) in [4.78, 5) is 10.5. The summed E-state index contributed by atoms with van der Waals surface area (Å²) in [6.45, 7) is 7.76. The summed E-state index contributed by atoms with van der Waals surface area (Å²) in [6, 6.07) is 4.83. The van der Waals surface area contributed by atoms with Crippen LogP contribution in [0.4, 0.5) is 11.4 Å². The van der Waals surface area contributed by atoms with Crippen molar-refractivity contribution < 1.29 is 9.66 Å². The molecular weight excluding hydrogens is 256 g/mol. The van der Waals surface area contributed by atoms with Gasteiger partial charge in [0.05, 0.1) is 17.6 Å². The molecule has 112 valence electrons. The summed E-state index contributed by atoms with van der Waals surface area (Å²) in [5, 5.41) is 14.1. The van der Waals surface area contributed by atoms with Crippen molar-refractivity contribution in [2.45, 2.75) is 40.0 Å². The van der Waals surface area contributed by atoms with Crippen LogP contribution in [0.2, 0.25) is 0 Å². The average molecular weight is 280 g/mol. The first-order chi connectivity index (χ1) is 9.52. The van der Waals surface area contributed by atoms with Crippen LogP contribution in [0.15, 0.2) is 18.2 Å². The van der Waals surface area contributed by atoms with Gasteiger partial charge in [0.2, 0.25) is 0 Å². The molecule has 0 aliphatic carbocycles. The van der Waals surface area contributed by atoms with Crippen molar-refractivity contribution in [3.05, 3.63) is 28.3 Å². The average Bonchev–Trinajstić information content (AvgIpc) is 2.41. The number of rotatable bonds is 9. The summed E-state index contributed by atoms with van der Waals surface area (Å²) in [5.74, 6) is 1.20. The van der Waals surface area contributed by atoms with Gasteiger partial charge < -0.3 is 10.1 Å². The van der Waals surface area contributed by atoms with Crippen LogP contribution in [-0.2, 0) is 0 Å². The van der Waals surface area contributed by atoms with Crippen LogP contribution in [0.1, 0.15) is 40.0 Å². The van der Waals surface area contributed by atoms with E-state index >= 15 is 0 Å². The molecule has 0 unspecified atom stereocenters. The second-order valence-electron chi connectivity index (χ2n) is 5.28. The first-order valence-corrected chi connectivity index (χ1v) is 7.19. The maximum absolute atomic E-state index is 10.9. The Morgan fingerprint density at radius 3 is 2.70 bits per heavy atom. The Bertz CT molecular complexity index is 433. The molecule has 0 saturated carbocycles. The standard InChI is InChI=1S/C15H24N2O3/c1-4-7-16-13-9-14(17(18)19)11-15(10-13)20-8-5-6-12(2)3/h9-12,16H,4-8H2,1-3H3. The zero-order chi connectivity index (χ0) is 15.0. The summed E-state index contributed by atoms with van der Waals surface area (Å²) in [5.41, 5.74) is 0.796. The van der Waals surface area contributed by atoms with Gasteiger partial charge in [-0.2, -0.15) is 0 Å². The molecule has 0 heterocycles. The number of nitro groups is 1. The maximum atomic E-state index is 10.9. The Kier molecular flexibility index (Phi) is 6.84. The minimum absolute atomic E-state index is 0.0602. The van der Waals surface area contributed by atoms with Crippen LogP contribution in [0.3, 0.4) is 0 Å². The molecule has 0 aliphatic heterocycles. The number of hydrogen-bond acceptors (Lipinski definition) is 4. The Balaban J connectivity index is 2.67. The van der Waals surface area contributed by atoms with Gasteiger partial charge in [0.15, 0.2) is 0 Å². The number of benzene rings is 1. The number of nitro benzene ring substituents is 1. The van der Waals surface area contributed by atoms with E-state index in [4.69, 9.17) is 4.74 Å². The van der Waals surface area contributed by atoms with Gasteiger partial charge in [-0.3, -0.25) is 10.1 Å². The van der Waals surface area contributed by atoms with Crippen molar-refractivity contribution in [3.63, 3.8) is 0 Å². The van der Waals surface area contributed by atoms with Crippen molar-refractivity contribution in [1.82, 2.24) is 0 Å². The Hall–Kier alpha value is -1.78. The molecule has 0 amide bonds. The van der Waals surface area contributed by atoms with Crippen LogP contribution in [0.25, 0.3) is 0 Å². The Morgan fingerprint density at radius 2 is 2.10 bits per heavy atom. The predicted octanol–water partition coefficient (Wildman–Crippen LogP) is 4.23. The second kappa shape index (κ2) is 8.40. The fraction of sp³-hybridized carbons (Fsp3) is 0.600. The molecule has 1 rings (SSSR count). The monoisotopic (exact) mass is 280 g/mol. The van der Waals surface area contributed by atoms with E-state index < -0.39 is 4.92 Å². The van der Waals surface area contributed by atoms with Gasteiger partial charge in [0, 0.05) is 24.4 Å². The third kappa shape index (κ3) is 5.91. The van der Waals surface area contributed by atoms with E-state index in [-0.39, 0.29) is 5.69 Å². The molecule has 0 spiro atoms. The molecule has 0 radical (unpaired) electrons. The van der Waals surface area contributed by atoms with Crippen molar-refractivity contribution in [3.8, 4) is 5.75 Å². The summed E-state index contributed by atoms with van der Waals surface area (Å²) in [7, 11) is 0. The summed E-state index contributed by atoms with van der Waals surface area (Å²) in [6.07, 6.45) is 3.02. The summed E-state index contributed by atoms with van der Waals surface area (Å²) < 4.78 is 5.62. The molecule has 1 N–H and O–H groups in total. The van der Waals surface area contributed by atoms with E-state index in [1.165, 1.54) is 12.1 Å². The number of anilines is 1. The van der Waals surface area contributed by atoms with Gasteiger partial charge >= 0.3 is 0 Å². The molecule has 0 saturated heterocycles. The van der Waals surface area contributed by atoms with Crippen molar-refractivity contribution in [1.29, 1.82) is 0 Å². The van der Waals surface area contributed by atoms with Gasteiger partial charge in [-0.1, -0.05) is 20.8 Å². The minimum Gasteiger partial charge on any atom is -0.493 e. The van der Waals surface area contributed by atoms with Gasteiger partial charge in [0.25, 0.3) is 5.69 Å². The molecule has 1 aromatic rings. The number of non-ortho nitro benzene ring substituents is 1. The van der Waals surface area contributed by atoms with Crippen LogP contribution in [0, 0.1) is 16.0 Å². The molecule has 5 nitrogen and oxygen atoms in total. The van der Waals surface area contributed by atoms with Gasteiger partial charge in [-0.25, -0.2) is 0 Å². The van der Waals surface area contributed by atoms with Crippen molar-refractivity contribution in [2.24, 2.45) is 5.92 Å². The molecule has 0 fully saturated rings. The molecule has 0 atom stereocenters. The number of ether oxygens (including phenoxy) is 1. The third-order valence-electron chi connectivity index (χ3n) is 2.88. The highest BCUT2D eigenvalue weighted by Crippen LogP contribution is 2.26. The highest BCUT2D eigenvalue weighted by molar-refractivity contribution is 5.56. The molecule has 1 aromatic carbocycles. The highest BCUT2D eigenvalue weighted by Gasteiger charge is 2.10. The van der Waals surface area contributed by atoms with Crippen LogP contribution < -0.4 is 10.1 Å². The number of nitrogens with one attached hydrogen (secondary N) is 1. The largest absolute Gasteiger partial charge is 0.493 e. The minimum atomic E-state index is -0.391. The van der Waals surface area contributed by atoms with Crippen LogP contribution in [0.5, 0.6) is 5.75 Å². The third-order valence-corrected chi connectivity index (χ3v) is 2.88. The second-order valence-corrected chi connectivity index (χ2v) is 5.28. The van der Waals surface area contributed by atoms with Gasteiger partial charge in [-0.15, -0.1) is 0 Å². The van der Waals surface area contributed by atoms with E-state index in [9.17, 15) is 10.1 Å². The smallest absolute Gasteiger partial charge is 0.275 e. The topological polar surface area (TPSA) is 64.4 Å². The molecule has 0 bridgehead atoms. The molecule has 0 aromatic heterocycles. The van der Waals surface area contributed by atoms with Gasteiger partial charge in [0.1, 0.15) is 5.75 Å². The van der Waals surface area contributed by atoms with E-state index in [2.05, 4.69) is 19.2 Å². The number of nitrogens with zero attached hydrogens (tertiary/aromatic N) is 1. The van der Waals surface area contributed by atoms with E-state index in [1.54, 1.807) is 0 Å². The fourth-order valence-corrected chi connectivity index (χ4v) is 1.83. The predicted molar refractivity (Wildman–Crippen MR) is 81.4 cm³/mol. The number of hydrogen-bond donors (Lipinski definition) is 1. The quantitative estimate of drug-likeness (QED) is 0.417. The maximum Gasteiger partial charge on any atom is 0.275 e. The highest BCUT2D eigenvalue weighted by atomic mass is 16.6. The first-order valence-electron chi connectivity index (χ1n) is 7.19. The van der Waals surface area contributed by atoms with E-state index in [1.807, 2.05) is 13.0 Å². The zero-order valence-corrected chi connectivity index (χ0v) is 12.5. The molecule has 20 heavy (non-hydrogen) atoms. The van der Waals surface area contributed by atoms with Crippen LogP contribution in [-0.4, -0.2) is 18.1 Å². The van der Waals surface area contributed by atoms with Crippen molar-refractivity contribution in [2.75, 3.05) is 18.5 Å². The molecular formula is C15H24N2O3. The lowest BCUT2D eigenvalue weighted by molar-refractivity contribution is -0.384. The Labute approximate surface area is 120 Å². The van der Waals surface area contributed by atoms with Gasteiger partial charge in [-0.05, 0) is 25.2 Å². The van der Waals surface area contributed by atoms with E-state index in [0.29, 0.717) is 18.3 Å². The lowest BCUT2D eigenvalue weighted by Crippen LogP contribution is -2.03. The van der Waals surface area contributed by atoms with E-state index in [0.717, 1.165) is 31.5 Å².